The first-order valence-corrected chi connectivity index (χ1v) is 7.49. The fraction of sp³-hybridized carbons (Fsp3) is 0.235. The summed E-state index contributed by atoms with van der Waals surface area (Å²) in [6, 6.07) is 8.16. The minimum Gasteiger partial charge on any atom is -0.371 e. The molecule has 2 atom stereocenters. The van der Waals surface area contributed by atoms with Gasteiger partial charge in [-0.2, -0.15) is 0 Å². The van der Waals surface area contributed by atoms with Crippen molar-refractivity contribution in [1.82, 2.24) is 10.2 Å². The predicted molar refractivity (Wildman–Crippen MR) is 92.4 cm³/mol. The Morgan fingerprint density at radius 3 is 2.82 bits per heavy atom. The van der Waals surface area contributed by atoms with Gasteiger partial charge in [0.05, 0.1) is 5.69 Å². The van der Waals surface area contributed by atoms with Gasteiger partial charge in [-0.25, -0.2) is 0 Å². The summed E-state index contributed by atoms with van der Waals surface area (Å²) < 4.78 is 0. The zero-order valence-electron chi connectivity index (χ0n) is 12.4. The average molecular weight is 313 g/mol. The molecule has 1 heterocycles. The number of nitrogens with one attached hydrogen (secondary N) is 1. The van der Waals surface area contributed by atoms with Crippen molar-refractivity contribution in [2.75, 3.05) is 12.4 Å². The second-order valence-electron chi connectivity index (χ2n) is 5.35. The van der Waals surface area contributed by atoms with Crippen LogP contribution in [0.25, 0.3) is 6.08 Å². The molecule has 2 unspecified atom stereocenters. The maximum absolute atomic E-state index is 5.99. The lowest BCUT2D eigenvalue weighted by Gasteiger charge is -2.08. The van der Waals surface area contributed by atoms with Crippen LogP contribution >= 0.6 is 11.6 Å². The van der Waals surface area contributed by atoms with E-state index in [1.54, 1.807) is 6.08 Å². The van der Waals surface area contributed by atoms with E-state index in [-0.39, 0.29) is 0 Å². The normalized spacial score (nSPS) is 19.5. The van der Waals surface area contributed by atoms with Crippen LogP contribution in [0, 0.1) is 0 Å². The van der Waals surface area contributed by atoms with Crippen molar-refractivity contribution in [2.45, 2.75) is 18.3 Å². The van der Waals surface area contributed by atoms with Crippen LogP contribution in [0.15, 0.2) is 35.8 Å². The molecule has 112 valence electrons. The second kappa shape index (κ2) is 5.89. The van der Waals surface area contributed by atoms with Crippen molar-refractivity contribution in [2.24, 2.45) is 4.99 Å². The highest BCUT2D eigenvalue weighted by molar-refractivity contribution is 6.29. The van der Waals surface area contributed by atoms with Crippen LogP contribution in [0.4, 0.5) is 11.5 Å². The zero-order valence-corrected chi connectivity index (χ0v) is 13.1. The van der Waals surface area contributed by atoms with Crippen molar-refractivity contribution in [3.05, 3.63) is 52.7 Å². The van der Waals surface area contributed by atoms with Crippen LogP contribution in [0.5, 0.6) is 0 Å². The van der Waals surface area contributed by atoms with Gasteiger partial charge in [-0.3, -0.25) is 4.99 Å². The van der Waals surface area contributed by atoms with E-state index in [0.717, 1.165) is 29.1 Å². The molecular weight excluding hydrogens is 296 g/mol. The number of aliphatic imine (C=N–C) groups is 1. The van der Waals surface area contributed by atoms with Gasteiger partial charge in [0, 0.05) is 12.6 Å². The molecule has 1 aromatic carbocycles. The van der Waals surface area contributed by atoms with Crippen LogP contribution in [-0.4, -0.2) is 24.0 Å². The Morgan fingerprint density at radius 1 is 1.32 bits per heavy atom. The fourth-order valence-electron chi connectivity index (χ4n) is 2.87. The minimum atomic E-state index is 0.405. The molecule has 0 amide bonds. The first-order valence-electron chi connectivity index (χ1n) is 7.12. The van der Waals surface area contributed by atoms with E-state index in [4.69, 9.17) is 11.6 Å². The summed E-state index contributed by atoms with van der Waals surface area (Å²) in [6.45, 7) is 7.43. The lowest BCUT2D eigenvalue weighted by atomic mass is 10.0. The number of rotatable bonds is 5. The van der Waals surface area contributed by atoms with Crippen LogP contribution in [0.3, 0.4) is 0 Å². The van der Waals surface area contributed by atoms with Gasteiger partial charge < -0.3 is 5.32 Å². The van der Waals surface area contributed by atoms with Crippen molar-refractivity contribution < 1.29 is 0 Å². The summed E-state index contributed by atoms with van der Waals surface area (Å²) in [7, 11) is 1.84. The highest BCUT2D eigenvalue weighted by Gasteiger charge is 2.41. The summed E-state index contributed by atoms with van der Waals surface area (Å²) in [4.78, 5) is 4.08. The first-order chi connectivity index (χ1) is 10.7. The Kier molecular flexibility index (Phi) is 3.94. The lowest BCUT2D eigenvalue weighted by Crippen LogP contribution is -2.00. The van der Waals surface area contributed by atoms with Gasteiger partial charge in [0.25, 0.3) is 0 Å². The Balaban J connectivity index is 1.90. The molecule has 3 rings (SSSR count). The summed E-state index contributed by atoms with van der Waals surface area (Å²) in [5.41, 5.74) is 4.25. The molecule has 1 aliphatic carbocycles. The molecule has 0 radical (unpaired) electrons. The van der Waals surface area contributed by atoms with Gasteiger partial charge >= 0.3 is 0 Å². The van der Waals surface area contributed by atoms with Crippen molar-refractivity contribution in [3.63, 3.8) is 0 Å². The molecule has 1 saturated carbocycles. The van der Waals surface area contributed by atoms with Gasteiger partial charge in [0.15, 0.2) is 11.0 Å². The van der Waals surface area contributed by atoms with Gasteiger partial charge in [-0.15, -0.1) is 10.2 Å². The Hall–Kier alpha value is -2.20. The van der Waals surface area contributed by atoms with E-state index < -0.39 is 0 Å². The number of anilines is 1. The maximum atomic E-state index is 5.99. The van der Waals surface area contributed by atoms with Crippen molar-refractivity contribution in [1.29, 1.82) is 0 Å². The van der Waals surface area contributed by atoms with Crippen molar-refractivity contribution >= 4 is 35.9 Å². The minimum absolute atomic E-state index is 0.405. The molecule has 0 bridgehead atoms. The molecule has 1 fully saturated rings. The van der Waals surface area contributed by atoms with Crippen LogP contribution in [-0.2, 0) is 0 Å². The molecule has 1 aliphatic rings. The Morgan fingerprint density at radius 2 is 2.14 bits per heavy atom. The standard InChI is InChI=1S/C17H17ClN4/c1-4-10-5-6-11(7-15(10)19-2)12-8-13(12)14-9-16(18)21-22-17(14)20-3/h4-7,9,12-13H,1-2,8H2,3H3,(H,20,22). The van der Waals surface area contributed by atoms with E-state index in [9.17, 15) is 0 Å². The average Bonchev–Trinajstić information content (AvgIpc) is 3.34. The highest BCUT2D eigenvalue weighted by atomic mass is 35.5. The second-order valence-corrected chi connectivity index (χ2v) is 5.74. The summed E-state index contributed by atoms with van der Waals surface area (Å²) >= 11 is 5.99. The lowest BCUT2D eigenvalue weighted by molar-refractivity contribution is 0.958. The van der Waals surface area contributed by atoms with E-state index in [1.165, 1.54) is 5.56 Å². The quantitative estimate of drug-likeness (QED) is 0.831. The summed E-state index contributed by atoms with van der Waals surface area (Å²) in [5.74, 6) is 1.65. The van der Waals surface area contributed by atoms with E-state index in [2.05, 4.69) is 45.9 Å². The Labute approximate surface area is 135 Å². The van der Waals surface area contributed by atoms with Crippen LogP contribution in [0.2, 0.25) is 5.15 Å². The maximum Gasteiger partial charge on any atom is 0.152 e. The van der Waals surface area contributed by atoms with Crippen LogP contribution in [0.1, 0.15) is 34.9 Å². The zero-order chi connectivity index (χ0) is 15.7. The summed E-state index contributed by atoms with van der Waals surface area (Å²) in [5, 5.41) is 11.5. The number of benzene rings is 1. The number of halogens is 1. The molecule has 0 saturated heterocycles. The van der Waals surface area contributed by atoms with E-state index in [1.807, 2.05) is 19.2 Å². The van der Waals surface area contributed by atoms with Crippen molar-refractivity contribution in [3.8, 4) is 0 Å². The molecule has 1 aromatic heterocycles. The van der Waals surface area contributed by atoms with Gasteiger partial charge in [0.2, 0.25) is 0 Å². The molecule has 4 nitrogen and oxygen atoms in total. The van der Waals surface area contributed by atoms with E-state index in [0.29, 0.717) is 17.0 Å². The van der Waals surface area contributed by atoms with E-state index >= 15 is 0 Å². The Bertz CT molecular complexity index is 741. The topological polar surface area (TPSA) is 50.2 Å². The van der Waals surface area contributed by atoms with Gasteiger partial charge in [-0.05, 0) is 48.2 Å². The number of hydrogen-bond donors (Lipinski definition) is 1. The smallest absolute Gasteiger partial charge is 0.152 e. The van der Waals surface area contributed by atoms with Gasteiger partial charge in [-0.1, -0.05) is 36.4 Å². The third-order valence-electron chi connectivity index (χ3n) is 4.09. The fourth-order valence-corrected chi connectivity index (χ4v) is 3.02. The molecule has 1 N–H and O–H groups in total. The number of hydrogen-bond acceptors (Lipinski definition) is 4. The number of nitrogens with zero attached hydrogens (tertiary/aromatic N) is 3. The summed E-state index contributed by atoms with van der Waals surface area (Å²) in [6.07, 6.45) is 2.87. The first kappa shape index (κ1) is 14.7. The molecule has 0 aliphatic heterocycles. The largest absolute Gasteiger partial charge is 0.371 e. The predicted octanol–water partition coefficient (Wildman–Crippen LogP) is 4.42. The van der Waals surface area contributed by atoms with Crippen LogP contribution < -0.4 is 5.32 Å². The number of aromatic nitrogens is 2. The molecule has 0 spiro atoms. The molecule has 2 aromatic rings. The molecular formula is C17H17ClN4. The SMILES string of the molecule is C=Cc1ccc(C2CC2c2cc(Cl)nnc2NC)cc1N=C. The highest BCUT2D eigenvalue weighted by Crippen LogP contribution is 2.56. The molecule has 5 heteroatoms. The third-order valence-corrected chi connectivity index (χ3v) is 4.28. The van der Waals surface area contributed by atoms with Gasteiger partial charge in [0.1, 0.15) is 0 Å². The third kappa shape index (κ3) is 2.62. The monoisotopic (exact) mass is 312 g/mol. The molecule has 22 heavy (non-hydrogen) atoms.